The first kappa shape index (κ1) is 41.7. The maximum Gasteiger partial charge on any atom is 2.00 e. The minimum atomic E-state index is 0. The van der Waals surface area contributed by atoms with E-state index in [2.05, 4.69) is 185 Å². The second kappa shape index (κ2) is 18.7. The molecule has 8 aromatic carbocycles. The Labute approximate surface area is 379 Å². The fraction of sp³-hybridized carbons (Fsp3) is 0.138. The summed E-state index contributed by atoms with van der Waals surface area (Å²) in [7, 11) is 0. The van der Waals surface area contributed by atoms with Crippen LogP contribution in [0.2, 0.25) is 0 Å². The van der Waals surface area contributed by atoms with Crippen molar-refractivity contribution in [2.24, 2.45) is 0 Å². The molecular weight excluding hydrogens is 820 g/mol. The van der Waals surface area contributed by atoms with Crippen molar-refractivity contribution in [3.63, 3.8) is 0 Å². The Bertz CT molecular complexity index is 2750. The number of hydrogen-bond donors (Lipinski definition) is 0. The van der Waals surface area contributed by atoms with Gasteiger partial charge in [0.2, 0.25) is 0 Å². The van der Waals surface area contributed by atoms with E-state index in [1.54, 1.807) is 0 Å². The van der Waals surface area contributed by atoms with Crippen LogP contribution >= 0.6 is 0 Å². The van der Waals surface area contributed by atoms with Crippen LogP contribution in [0.15, 0.2) is 203 Å². The standard InChI is InChI=1S/2C29H25O.Zr/c2*1-3-20(2)21-12-14-22(15-13-21)26-11-7-10-24-18-25(19-27(24)26)29-17-16-28(30-29)23-8-5-4-6-9-23;/h2*4-20H,3H2,1-2H3;/q2*-1;+2. The van der Waals surface area contributed by atoms with Crippen molar-refractivity contribution in [2.45, 2.75) is 52.4 Å². The fourth-order valence-electron chi connectivity index (χ4n) is 8.21. The number of rotatable bonds is 10. The van der Waals surface area contributed by atoms with E-state index in [-0.39, 0.29) is 26.2 Å². The van der Waals surface area contributed by atoms with Crippen LogP contribution in [-0.2, 0) is 26.2 Å². The molecule has 298 valence electrons. The molecule has 0 amide bonds. The van der Waals surface area contributed by atoms with E-state index in [4.69, 9.17) is 8.83 Å². The Morgan fingerprint density at radius 1 is 0.393 bits per heavy atom. The molecule has 3 heteroatoms. The molecule has 0 radical (unpaired) electrons. The topological polar surface area (TPSA) is 26.3 Å². The molecule has 10 rings (SSSR count). The molecule has 0 bridgehead atoms. The quantitative estimate of drug-likeness (QED) is 0.128. The smallest absolute Gasteiger partial charge is 0.491 e. The van der Waals surface area contributed by atoms with Gasteiger partial charge in [-0.3, -0.25) is 0 Å². The third-order valence-corrected chi connectivity index (χ3v) is 12.2. The second-order valence-electron chi connectivity index (χ2n) is 16.0. The minimum absolute atomic E-state index is 0. The second-order valence-corrected chi connectivity index (χ2v) is 16.0. The van der Waals surface area contributed by atoms with Crippen molar-refractivity contribution < 1.29 is 35.0 Å². The molecule has 0 aliphatic carbocycles. The number of benzene rings is 6. The average molecular weight is 870 g/mol. The molecule has 10 aromatic rings. The van der Waals surface area contributed by atoms with Gasteiger partial charge in [-0.25, -0.2) is 0 Å². The largest absolute Gasteiger partial charge is 2.00 e. The van der Waals surface area contributed by atoms with Gasteiger partial charge < -0.3 is 8.83 Å². The molecule has 0 aliphatic heterocycles. The molecule has 0 N–H and O–H groups in total. The number of furan rings is 2. The van der Waals surface area contributed by atoms with Crippen LogP contribution in [0.1, 0.15) is 63.5 Å². The third kappa shape index (κ3) is 8.91. The first-order valence-electron chi connectivity index (χ1n) is 21.4. The van der Waals surface area contributed by atoms with Crippen LogP contribution in [0, 0.1) is 0 Å². The van der Waals surface area contributed by atoms with Gasteiger partial charge in [0, 0.05) is 11.1 Å². The summed E-state index contributed by atoms with van der Waals surface area (Å²) in [5.41, 5.74) is 12.3. The average Bonchev–Trinajstić information content (AvgIpc) is 4.15. The van der Waals surface area contributed by atoms with Gasteiger partial charge in [-0.15, -0.1) is 57.9 Å². The summed E-state index contributed by atoms with van der Waals surface area (Å²) in [6.07, 6.45) is 2.32. The third-order valence-electron chi connectivity index (χ3n) is 12.2. The van der Waals surface area contributed by atoms with Crippen molar-refractivity contribution in [3.05, 3.63) is 205 Å². The van der Waals surface area contributed by atoms with E-state index >= 15 is 0 Å². The van der Waals surface area contributed by atoms with Crippen molar-refractivity contribution in [2.75, 3.05) is 0 Å². The summed E-state index contributed by atoms with van der Waals surface area (Å²) in [6.45, 7) is 9.05. The van der Waals surface area contributed by atoms with Crippen LogP contribution in [0.5, 0.6) is 0 Å². The first-order chi connectivity index (χ1) is 29.4. The van der Waals surface area contributed by atoms with Gasteiger partial charge in [0.05, 0.1) is 11.5 Å². The zero-order valence-electron chi connectivity index (χ0n) is 35.4. The summed E-state index contributed by atoms with van der Waals surface area (Å²) in [5.74, 6) is 4.80. The molecule has 2 unspecified atom stereocenters. The van der Waals surface area contributed by atoms with E-state index in [1.165, 1.54) is 54.9 Å². The minimum Gasteiger partial charge on any atom is -0.491 e. The molecule has 2 nitrogen and oxygen atoms in total. The Balaban J connectivity index is 0.000000166. The van der Waals surface area contributed by atoms with Crippen molar-refractivity contribution in [1.82, 2.24) is 0 Å². The van der Waals surface area contributed by atoms with Crippen molar-refractivity contribution in [3.8, 4) is 67.5 Å². The van der Waals surface area contributed by atoms with Gasteiger partial charge in [-0.2, -0.15) is 0 Å². The van der Waals surface area contributed by atoms with Crippen LogP contribution in [0.3, 0.4) is 0 Å². The molecule has 0 fully saturated rings. The van der Waals surface area contributed by atoms with Gasteiger partial charge >= 0.3 is 26.2 Å². The van der Waals surface area contributed by atoms with Crippen LogP contribution in [-0.4, -0.2) is 0 Å². The van der Waals surface area contributed by atoms with Gasteiger partial charge in [-0.1, -0.05) is 183 Å². The summed E-state index contributed by atoms with van der Waals surface area (Å²) < 4.78 is 12.4. The Hall–Kier alpha value is -6.02. The predicted molar refractivity (Wildman–Crippen MR) is 254 cm³/mol. The maximum absolute atomic E-state index is 6.19. The van der Waals surface area contributed by atoms with Crippen LogP contribution < -0.4 is 0 Å². The zero-order valence-corrected chi connectivity index (χ0v) is 37.8. The molecule has 61 heavy (non-hydrogen) atoms. The molecule has 2 atom stereocenters. The van der Waals surface area contributed by atoms with Gasteiger partial charge in [-0.05, 0) is 71.2 Å². The SMILES string of the molecule is CCC(C)c1ccc(-c2cccc3[cH-]c(-c4ccc(-c5ccccc5)o4)cc23)cc1.CCC(C)c1ccc(-c2cccc3[cH-]c(-c4ccc(-c5ccccc5)o4)cc23)cc1.[Zr+2]. The number of fused-ring (bicyclic) bond motifs is 2. The molecule has 2 aromatic heterocycles. The number of hydrogen-bond acceptors (Lipinski definition) is 2. The van der Waals surface area contributed by atoms with E-state index in [0.29, 0.717) is 11.8 Å². The molecule has 2 heterocycles. The fourth-order valence-corrected chi connectivity index (χ4v) is 8.21. The van der Waals surface area contributed by atoms with Crippen molar-refractivity contribution in [1.29, 1.82) is 0 Å². The molecule has 0 saturated carbocycles. The van der Waals surface area contributed by atoms with E-state index in [1.807, 2.05) is 36.4 Å². The molecular formula is C58H50O2Zr. The van der Waals surface area contributed by atoms with E-state index in [0.717, 1.165) is 58.1 Å². The Morgan fingerprint density at radius 3 is 1.15 bits per heavy atom. The van der Waals surface area contributed by atoms with Gasteiger partial charge in [0.25, 0.3) is 0 Å². The van der Waals surface area contributed by atoms with E-state index in [9.17, 15) is 0 Å². The van der Waals surface area contributed by atoms with E-state index < -0.39 is 0 Å². The molecule has 0 saturated heterocycles. The van der Waals surface area contributed by atoms with Gasteiger partial charge in [0.1, 0.15) is 11.5 Å². The monoisotopic (exact) mass is 868 g/mol. The van der Waals surface area contributed by atoms with Crippen LogP contribution in [0.4, 0.5) is 0 Å². The van der Waals surface area contributed by atoms with Crippen molar-refractivity contribution >= 4 is 21.5 Å². The maximum atomic E-state index is 6.19. The first-order valence-corrected chi connectivity index (χ1v) is 21.4. The summed E-state index contributed by atoms with van der Waals surface area (Å²) in [6, 6.07) is 68.8. The van der Waals surface area contributed by atoms with Crippen LogP contribution in [0.25, 0.3) is 89.1 Å². The summed E-state index contributed by atoms with van der Waals surface area (Å²) in [5, 5.41) is 5.01. The Kier molecular flexibility index (Phi) is 12.8. The normalized spacial score (nSPS) is 12.1. The van der Waals surface area contributed by atoms with Gasteiger partial charge in [0.15, 0.2) is 0 Å². The Morgan fingerprint density at radius 2 is 0.770 bits per heavy atom. The zero-order chi connectivity index (χ0) is 41.0. The molecule has 0 aliphatic rings. The molecule has 0 spiro atoms. The predicted octanol–water partition coefficient (Wildman–Crippen LogP) is 17.3. The summed E-state index contributed by atoms with van der Waals surface area (Å²) >= 11 is 0. The summed E-state index contributed by atoms with van der Waals surface area (Å²) in [4.78, 5) is 0.